The standard InChI is InChI=1S/C25H28N2O3S.C2HF3O2/c1-16-5-9-18(10-6-16)23(19-11-7-17(2)8-12-19)21-13-14-22(31-21)24(28)27-20(25(29)30)4-3-15-26;3-2(4,5)1(6)7/h5-14,20,23H,3-4,15,26H2,1-2H3,(H,27,28)(H,29,30);(H,6,7)/t20-;/m0./s1. The molecular weight excluding hydrogens is 521 g/mol. The number of alkyl halides is 3. The number of carbonyl (C=O) groups is 3. The van der Waals surface area contributed by atoms with Gasteiger partial charge in [-0.1, -0.05) is 59.7 Å². The van der Waals surface area contributed by atoms with Crippen LogP contribution in [0.2, 0.25) is 0 Å². The Bertz CT molecular complexity index is 1180. The molecule has 1 amide bonds. The van der Waals surface area contributed by atoms with Crippen LogP contribution in [0.1, 0.15) is 55.6 Å². The second kappa shape index (κ2) is 13.7. The van der Waals surface area contributed by atoms with Crippen LogP contribution in [-0.4, -0.2) is 46.8 Å². The molecule has 0 saturated carbocycles. The van der Waals surface area contributed by atoms with Gasteiger partial charge in [0.05, 0.1) is 4.88 Å². The van der Waals surface area contributed by atoms with Gasteiger partial charge in [0.2, 0.25) is 0 Å². The highest BCUT2D eigenvalue weighted by molar-refractivity contribution is 7.14. The largest absolute Gasteiger partial charge is 0.490 e. The van der Waals surface area contributed by atoms with Gasteiger partial charge in [-0.05, 0) is 56.5 Å². The molecular formula is C27H29F3N2O5S. The fourth-order valence-electron chi connectivity index (χ4n) is 3.48. The van der Waals surface area contributed by atoms with Crippen molar-refractivity contribution < 1.29 is 37.8 Å². The molecule has 204 valence electrons. The Kier molecular flexibility index (Phi) is 11.0. The van der Waals surface area contributed by atoms with Crippen LogP contribution in [-0.2, 0) is 9.59 Å². The van der Waals surface area contributed by atoms with Gasteiger partial charge in [0, 0.05) is 10.8 Å². The summed E-state index contributed by atoms with van der Waals surface area (Å²) in [5.41, 5.74) is 10.2. The summed E-state index contributed by atoms with van der Waals surface area (Å²) in [6, 6.07) is 19.6. The van der Waals surface area contributed by atoms with Crippen molar-refractivity contribution in [2.45, 2.75) is 44.8 Å². The van der Waals surface area contributed by atoms with Crippen molar-refractivity contribution in [1.82, 2.24) is 5.32 Å². The Balaban J connectivity index is 0.000000638. The maximum absolute atomic E-state index is 12.7. The molecule has 5 N–H and O–H groups in total. The summed E-state index contributed by atoms with van der Waals surface area (Å²) in [5, 5.41) is 19.1. The van der Waals surface area contributed by atoms with E-state index in [-0.39, 0.29) is 11.8 Å². The summed E-state index contributed by atoms with van der Waals surface area (Å²) in [6.45, 7) is 4.50. The van der Waals surface area contributed by atoms with E-state index in [0.717, 1.165) is 16.0 Å². The monoisotopic (exact) mass is 550 g/mol. The van der Waals surface area contributed by atoms with E-state index in [1.54, 1.807) is 6.07 Å². The second-order valence-electron chi connectivity index (χ2n) is 8.55. The number of hydrogen-bond donors (Lipinski definition) is 4. The number of benzene rings is 2. The van der Waals surface area contributed by atoms with Crippen molar-refractivity contribution in [3.05, 3.63) is 92.7 Å². The molecule has 3 aromatic rings. The number of carbonyl (C=O) groups excluding carboxylic acids is 1. The zero-order chi connectivity index (χ0) is 28.5. The molecule has 0 unspecified atom stereocenters. The summed E-state index contributed by atoms with van der Waals surface area (Å²) >= 11 is 1.40. The van der Waals surface area contributed by atoms with E-state index in [2.05, 4.69) is 67.7 Å². The third-order valence-corrected chi connectivity index (χ3v) is 6.65. The number of rotatable bonds is 9. The number of nitrogens with one attached hydrogen (secondary N) is 1. The highest BCUT2D eigenvalue weighted by Gasteiger charge is 2.38. The normalized spacial score (nSPS) is 11.9. The summed E-state index contributed by atoms with van der Waals surface area (Å²) in [5.74, 6) is -4.17. The van der Waals surface area contributed by atoms with Crippen LogP contribution < -0.4 is 11.1 Å². The predicted octanol–water partition coefficient (Wildman–Crippen LogP) is 5.10. The lowest BCUT2D eigenvalue weighted by Gasteiger charge is -2.17. The van der Waals surface area contributed by atoms with Gasteiger partial charge in [0.1, 0.15) is 6.04 Å². The van der Waals surface area contributed by atoms with Crippen molar-refractivity contribution in [1.29, 1.82) is 0 Å². The molecule has 0 aliphatic carbocycles. The fraction of sp³-hybridized carbons (Fsp3) is 0.296. The van der Waals surface area contributed by atoms with Crippen molar-refractivity contribution in [3.8, 4) is 0 Å². The number of aliphatic carboxylic acids is 2. The number of nitrogens with two attached hydrogens (primary N) is 1. The molecule has 7 nitrogen and oxygen atoms in total. The van der Waals surface area contributed by atoms with Crippen molar-refractivity contribution in [2.75, 3.05) is 6.54 Å². The first-order chi connectivity index (χ1) is 17.8. The Morgan fingerprint density at radius 1 is 0.895 bits per heavy atom. The number of aryl methyl sites for hydroxylation is 2. The number of amides is 1. The molecule has 0 aliphatic heterocycles. The molecule has 0 bridgehead atoms. The molecule has 0 fully saturated rings. The lowest BCUT2D eigenvalue weighted by Crippen LogP contribution is -2.40. The predicted molar refractivity (Wildman–Crippen MR) is 138 cm³/mol. The number of halogens is 3. The molecule has 38 heavy (non-hydrogen) atoms. The van der Waals surface area contributed by atoms with E-state index < -0.39 is 24.2 Å². The summed E-state index contributed by atoms with van der Waals surface area (Å²) in [4.78, 5) is 34.6. The van der Waals surface area contributed by atoms with Crippen molar-refractivity contribution in [2.24, 2.45) is 5.73 Å². The first-order valence-corrected chi connectivity index (χ1v) is 12.4. The van der Waals surface area contributed by atoms with Crippen LogP contribution in [0.25, 0.3) is 0 Å². The average molecular weight is 551 g/mol. The van der Waals surface area contributed by atoms with E-state index in [0.29, 0.717) is 24.3 Å². The average Bonchev–Trinajstić information content (AvgIpc) is 3.33. The lowest BCUT2D eigenvalue weighted by molar-refractivity contribution is -0.192. The molecule has 11 heteroatoms. The van der Waals surface area contributed by atoms with Crippen molar-refractivity contribution >= 4 is 29.2 Å². The Hall–Kier alpha value is -3.70. The van der Waals surface area contributed by atoms with E-state index in [4.69, 9.17) is 15.6 Å². The molecule has 0 spiro atoms. The third kappa shape index (κ3) is 9.00. The van der Waals surface area contributed by atoms with Gasteiger partial charge < -0.3 is 21.3 Å². The summed E-state index contributed by atoms with van der Waals surface area (Å²) in [6.07, 6.45) is -4.24. The minimum absolute atomic E-state index is 0.000242. The number of thiophene rings is 1. The summed E-state index contributed by atoms with van der Waals surface area (Å²) in [7, 11) is 0. The molecule has 0 saturated heterocycles. The third-order valence-electron chi connectivity index (χ3n) is 5.50. The fourth-order valence-corrected chi connectivity index (χ4v) is 4.55. The van der Waals surface area contributed by atoms with E-state index in [1.807, 2.05) is 6.07 Å². The van der Waals surface area contributed by atoms with Crippen LogP contribution >= 0.6 is 11.3 Å². The molecule has 2 aromatic carbocycles. The van der Waals surface area contributed by atoms with E-state index in [1.165, 1.54) is 22.5 Å². The zero-order valence-corrected chi connectivity index (χ0v) is 21.6. The van der Waals surface area contributed by atoms with Gasteiger partial charge in [-0.2, -0.15) is 13.2 Å². The molecule has 1 heterocycles. The summed E-state index contributed by atoms with van der Waals surface area (Å²) < 4.78 is 31.7. The molecule has 3 rings (SSSR count). The van der Waals surface area contributed by atoms with Crippen LogP contribution in [0.5, 0.6) is 0 Å². The van der Waals surface area contributed by atoms with Crippen LogP contribution in [0, 0.1) is 13.8 Å². The number of carboxylic acids is 2. The topological polar surface area (TPSA) is 130 Å². The van der Waals surface area contributed by atoms with Crippen LogP contribution in [0.3, 0.4) is 0 Å². The highest BCUT2D eigenvalue weighted by Crippen LogP contribution is 2.36. The second-order valence-corrected chi connectivity index (χ2v) is 9.67. The van der Waals surface area contributed by atoms with E-state index in [9.17, 15) is 27.9 Å². The molecule has 1 aromatic heterocycles. The maximum Gasteiger partial charge on any atom is 0.490 e. The van der Waals surface area contributed by atoms with Gasteiger partial charge in [-0.15, -0.1) is 11.3 Å². The van der Waals surface area contributed by atoms with Gasteiger partial charge in [-0.25, -0.2) is 9.59 Å². The Labute approximate surface area is 222 Å². The first-order valence-electron chi connectivity index (χ1n) is 11.6. The van der Waals surface area contributed by atoms with Crippen molar-refractivity contribution in [3.63, 3.8) is 0 Å². The van der Waals surface area contributed by atoms with Gasteiger partial charge in [0.15, 0.2) is 0 Å². The quantitative estimate of drug-likeness (QED) is 0.293. The minimum Gasteiger partial charge on any atom is -0.480 e. The Morgan fingerprint density at radius 2 is 1.37 bits per heavy atom. The van der Waals surface area contributed by atoms with Gasteiger partial charge >= 0.3 is 18.1 Å². The Morgan fingerprint density at radius 3 is 1.76 bits per heavy atom. The van der Waals surface area contributed by atoms with Gasteiger partial charge in [0.25, 0.3) is 5.91 Å². The molecule has 0 radical (unpaired) electrons. The minimum atomic E-state index is -5.08. The first kappa shape index (κ1) is 30.5. The van der Waals surface area contributed by atoms with Crippen LogP contribution in [0.15, 0.2) is 60.7 Å². The molecule has 1 atom stereocenters. The maximum atomic E-state index is 12.7. The SMILES string of the molecule is Cc1ccc(C(c2ccc(C)cc2)c2ccc(C(=O)N[C@@H](CCCN)C(=O)O)s2)cc1.O=C(O)C(F)(F)F. The lowest BCUT2D eigenvalue weighted by atomic mass is 9.89. The smallest absolute Gasteiger partial charge is 0.480 e. The van der Waals surface area contributed by atoms with Gasteiger partial charge in [-0.3, -0.25) is 4.79 Å². The molecule has 0 aliphatic rings. The highest BCUT2D eigenvalue weighted by atomic mass is 32.1. The van der Waals surface area contributed by atoms with E-state index >= 15 is 0 Å². The van der Waals surface area contributed by atoms with Crippen LogP contribution in [0.4, 0.5) is 13.2 Å². The zero-order valence-electron chi connectivity index (χ0n) is 20.8. The number of carboxylic acid groups (broad SMARTS) is 2. The number of hydrogen-bond acceptors (Lipinski definition) is 5.